The van der Waals surface area contributed by atoms with Crippen molar-refractivity contribution in [2.24, 2.45) is 0 Å². The molecule has 0 aromatic carbocycles. The summed E-state index contributed by atoms with van der Waals surface area (Å²) in [5, 5.41) is 10.7. The van der Waals surface area contributed by atoms with Gasteiger partial charge in [-0.05, 0) is 11.3 Å². The van der Waals surface area contributed by atoms with E-state index in [0.29, 0.717) is 11.5 Å². The molecule has 0 amide bonds. The summed E-state index contributed by atoms with van der Waals surface area (Å²) in [7, 11) is 0. The maximum atomic E-state index is 3.91. The third kappa shape index (κ3) is 0.680. The van der Waals surface area contributed by atoms with E-state index in [9.17, 15) is 0 Å². The maximum absolute atomic E-state index is 3.91. The highest BCUT2D eigenvalue weighted by Gasteiger charge is 2.02. The molecule has 0 fully saturated rings. The summed E-state index contributed by atoms with van der Waals surface area (Å²) in [4.78, 5) is 7.74. The zero-order valence-corrected chi connectivity index (χ0v) is 4.97. The number of fused-ring (bicyclic) bond motifs is 1. The maximum Gasteiger partial charge on any atom is 0.203 e. The first-order valence-electron chi connectivity index (χ1n) is 2.72. The lowest BCUT2D eigenvalue weighted by atomic mass is 10.4. The Hall–Kier alpha value is -1.65. The second-order valence-corrected chi connectivity index (χ2v) is 1.70. The van der Waals surface area contributed by atoms with Crippen molar-refractivity contribution in [1.29, 1.82) is 0 Å². The molecule has 10 heavy (non-hydrogen) atoms. The average Bonchev–Trinajstić information content (AvgIpc) is 2.28. The predicted molar refractivity (Wildman–Crippen MR) is 32.0 cm³/mol. The number of hydrogen-bond acceptors (Lipinski definition) is 5. The third-order valence-electron chi connectivity index (χ3n) is 1.10. The van der Waals surface area contributed by atoms with Crippen molar-refractivity contribution in [2.75, 3.05) is 0 Å². The zero-order valence-electron chi connectivity index (χ0n) is 4.97. The SMILES string of the molecule is c1cc2ncnc-2nnn1. The van der Waals surface area contributed by atoms with E-state index in [1.54, 1.807) is 6.07 Å². The van der Waals surface area contributed by atoms with Gasteiger partial charge in [-0.3, -0.25) is 0 Å². The van der Waals surface area contributed by atoms with E-state index >= 15 is 0 Å². The van der Waals surface area contributed by atoms with Crippen LogP contribution in [0.1, 0.15) is 0 Å². The van der Waals surface area contributed by atoms with E-state index in [-0.39, 0.29) is 0 Å². The predicted octanol–water partition coefficient (Wildman–Crippen LogP) is -0.234. The lowest BCUT2D eigenvalue weighted by molar-refractivity contribution is 0.886. The smallest absolute Gasteiger partial charge is 0.203 e. The molecule has 0 aromatic rings. The van der Waals surface area contributed by atoms with Crippen LogP contribution >= 0.6 is 0 Å². The van der Waals surface area contributed by atoms with Gasteiger partial charge in [0.1, 0.15) is 12.0 Å². The van der Waals surface area contributed by atoms with E-state index < -0.39 is 0 Å². The molecule has 0 saturated heterocycles. The van der Waals surface area contributed by atoms with Gasteiger partial charge in [-0.25, -0.2) is 9.97 Å². The van der Waals surface area contributed by atoms with Gasteiger partial charge in [0, 0.05) is 0 Å². The van der Waals surface area contributed by atoms with Crippen LogP contribution in [0, 0.1) is 0 Å². The molecule has 0 aromatic heterocycles. The van der Waals surface area contributed by atoms with Crippen molar-refractivity contribution in [3.8, 4) is 11.5 Å². The first-order valence-corrected chi connectivity index (χ1v) is 2.72. The minimum atomic E-state index is 0.525. The molecule has 0 spiro atoms. The Morgan fingerprint density at radius 1 is 1.20 bits per heavy atom. The Bertz CT molecular complexity index is 281. The van der Waals surface area contributed by atoms with Crippen LogP contribution in [0.15, 0.2) is 18.6 Å². The Kier molecular flexibility index (Phi) is 1.00. The molecule has 2 aliphatic rings. The molecule has 2 aliphatic heterocycles. The van der Waals surface area contributed by atoms with Crippen LogP contribution < -0.4 is 0 Å². The molecule has 2 heterocycles. The molecule has 0 aliphatic carbocycles. The fourth-order valence-electron chi connectivity index (χ4n) is 0.666. The van der Waals surface area contributed by atoms with Gasteiger partial charge in [-0.1, -0.05) is 0 Å². The average molecular weight is 133 g/mol. The van der Waals surface area contributed by atoms with Gasteiger partial charge in [-0.2, -0.15) is 0 Å². The van der Waals surface area contributed by atoms with E-state index in [1.165, 1.54) is 12.5 Å². The molecule has 0 radical (unpaired) electrons. The van der Waals surface area contributed by atoms with Crippen molar-refractivity contribution < 1.29 is 0 Å². The van der Waals surface area contributed by atoms with Crippen LogP contribution in [0.3, 0.4) is 0 Å². The van der Waals surface area contributed by atoms with E-state index in [1.807, 2.05) is 0 Å². The van der Waals surface area contributed by atoms with Crippen molar-refractivity contribution in [2.45, 2.75) is 0 Å². The Balaban J connectivity index is 2.74. The summed E-state index contributed by atoms with van der Waals surface area (Å²) in [5.41, 5.74) is 0.713. The summed E-state index contributed by atoms with van der Waals surface area (Å²) < 4.78 is 0. The third-order valence-corrected chi connectivity index (χ3v) is 1.10. The van der Waals surface area contributed by atoms with Gasteiger partial charge < -0.3 is 0 Å². The summed E-state index contributed by atoms with van der Waals surface area (Å²) in [6.07, 6.45) is 2.98. The summed E-state index contributed by atoms with van der Waals surface area (Å²) in [5.74, 6) is 0.525. The minimum absolute atomic E-state index is 0.525. The number of hydrogen-bond donors (Lipinski definition) is 0. The molecule has 0 unspecified atom stereocenters. The van der Waals surface area contributed by atoms with Gasteiger partial charge in [0.25, 0.3) is 0 Å². The quantitative estimate of drug-likeness (QED) is 0.496. The van der Waals surface area contributed by atoms with Crippen LogP contribution in [0.25, 0.3) is 11.5 Å². The fraction of sp³-hybridized carbons (Fsp3) is 0. The summed E-state index contributed by atoms with van der Waals surface area (Å²) in [6.45, 7) is 0. The van der Waals surface area contributed by atoms with Crippen LogP contribution in [0.5, 0.6) is 0 Å². The van der Waals surface area contributed by atoms with Crippen molar-refractivity contribution in [3.63, 3.8) is 0 Å². The highest BCUT2D eigenvalue weighted by Crippen LogP contribution is 2.07. The molecular weight excluding hydrogens is 130 g/mol. The van der Waals surface area contributed by atoms with E-state index in [2.05, 4.69) is 25.4 Å². The molecule has 0 N–H and O–H groups in total. The van der Waals surface area contributed by atoms with Gasteiger partial charge >= 0.3 is 0 Å². The molecule has 5 nitrogen and oxygen atoms in total. The second kappa shape index (κ2) is 1.94. The van der Waals surface area contributed by atoms with Gasteiger partial charge in [0.05, 0.1) is 6.20 Å². The lowest BCUT2D eigenvalue weighted by Crippen LogP contribution is -1.80. The Morgan fingerprint density at radius 2 is 2.20 bits per heavy atom. The van der Waals surface area contributed by atoms with Crippen LogP contribution in [-0.2, 0) is 0 Å². The van der Waals surface area contributed by atoms with Crippen LogP contribution in [0.2, 0.25) is 0 Å². The van der Waals surface area contributed by atoms with Crippen LogP contribution in [-0.4, -0.2) is 25.4 Å². The number of aromatic nitrogens is 5. The molecule has 2 rings (SSSR count). The van der Waals surface area contributed by atoms with E-state index in [0.717, 1.165) is 0 Å². The van der Waals surface area contributed by atoms with E-state index in [4.69, 9.17) is 0 Å². The standard InChI is InChI=1S/C5H3N5/c1-2-8-10-9-5-4(1)6-3-7-5/h1-3H. The normalized spacial score (nSPS) is 10.0. The molecule has 48 valence electrons. The number of rotatable bonds is 0. The van der Waals surface area contributed by atoms with Gasteiger partial charge in [-0.15, -0.1) is 10.2 Å². The molecule has 5 heteroatoms. The number of imidazole rings is 1. The van der Waals surface area contributed by atoms with Crippen LogP contribution in [0.4, 0.5) is 0 Å². The topological polar surface area (TPSA) is 64.5 Å². The van der Waals surface area contributed by atoms with Gasteiger partial charge in [0.2, 0.25) is 5.82 Å². The largest absolute Gasteiger partial charge is 0.233 e. The Morgan fingerprint density at radius 3 is 3.20 bits per heavy atom. The van der Waals surface area contributed by atoms with Gasteiger partial charge in [0.15, 0.2) is 0 Å². The first kappa shape index (κ1) is 5.16. The second-order valence-electron chi connectivity index (χ2n) is 1.70. The molecule has 0 atom stereocenters. The molecule has 0 bridgehead atoms. The summed E-state index contributed by atoms with van der Waals surface area (Å²) in [6, 6.07) is 1.71. The fourth-order valence-corrected chi connectivity index (χ4v) is 0.666. The van der Waals surface area contributed by atoms with Crippen molar-refractivity contribution in [1.82, 2.24) is 25.4 Å². The molecule has 0 saturated carbocycles. The van der Waals surface area contributed by atoms with Crippen molar-refractivity contribution >= 4 is 0 Å². The minimum Gasteiger partial charge on any atom is -0.233 e. The zero-order chi connectivity index (χ0) is 6.81. The lowest BCUT2D eigenvalue weighted by Gasteiger charge is -1.77. The Labute approximate surface area is 56.5 Å². The monoisotopic (exact) mass is 133 g/mol. The number of nitrogens with zero attached hydrogens (tertiary/aromatic N) is 5. The van der Waals surface area contributed by atoms with Crippen molar-refractivity contribution in [3.05, 3.63) is 18.6 Å². The summed E-state index contributed by atoms with van der Waals surface area (Å²) >= 11 is 0. The highest BCUT2D eigenvalue weighted by atomic mass is 15.3. The first-order chi connectivity index (χ1) is 4.97. The highest BCUT2D eigenvalue weighted by molar-refractivity contribution is 5.47. The molecular formula is C5H3N5.